The Hall–Kier alpha value is -0.920. The average molecular weight is 327 g/mol. The highest BCUT2D eigenvalue weighted by molar-refractivity contribution is 7.27. The van der Waals surface area contributed by atoms with Crippen LogP contribution in [0.25, 0.3) is 9.40 Å². The van der Waals surface area contributed by atoms with Crippen LogP contribution >= 0.6 is 34.3 Å². The van der Waals surface area contributed by atoms with Crippen molar-refractivity contribution in [1.82, 2.24) is 15.2 Å². The predicted octanol–water partition coefficient (Wildman–Crippen LogP) is 3.95. The van der Waals surface area contributed by atoms with E-state index in [1.54, 1.807) is 28.9 Å². The second kappa shape index (κ2) is 5.46. The summed E-state index contributed by atoms with van der Waals surface area (Å²) in [7, 11) is 0. The molecule has 3 aromatic rings. The van der Waals surface area contributed by atoms with Gasteiger partial charge in [-0.25, -0.2) is 5.43 Å². The molecule has 7 heteroatoms. The molecule has 0 radical (unpaired) electrons. The van der Waals surface area contributed by atoms with E-state index in [9.17, 15) is 0 Å². The lowest BCUT2D eigenvalue weighted by atomic mass is 10.1. The van der Waals surface area contributed by atoms with Crippen LogP contribution in [0.3, 0.4) is 0 Å². The summed E-state index contributed by atoms with van der Waals surface area (Å²) in [5, 5.41) is 7.08. The van der Waals surface area contributed by atoms with Crippen LogP contribution in [0.15, 0.2) is 23.7 Å². The number of nitrogens with two attached hydrogens (primary N) is 1. The Balaban J connectivity index is 2.10. The van der Waals surface area contributed by atoms with E-state index in [1.807, 2.05) is 4.68 Å². The number of rotatable bonds is 4. The number of hydrogen-bond donors (Lipinski definition) is 2. The number of hydrazine groups is 1. The molecule has 0 aliphatic carbocycles. The Bertz CT molecular complexity index is 699. The van der Waals surface area contributed by atoms with Crippen molar-refractivity contribution in [3.05, 3.63) is 39.3 Å². The smallest absolute Gasteiger partial charge is 0.0986 e. The number of aromatic nitrogens is 2. The van der Waals surface area contributed by atoms with E-state index < -0.39 is 0 Å². The van der Waals surface area contributed by atoms with E-state index >= 15 is 0 Å². The molecule has 0 aliphatic rings. The largest absolute Gasteiger partial charge is 0.270 e. The predicted molar refractivity (Wildman–Crippen MR) is 86.5 cm³/mol. The number of fused-ring (bicyclic) bond motifs is 1. The summed E-state index contributed by atoms with van der Waals surface area (Å²) in [5.74, 6) is 5.78. The molecule has 3 aromatic heterocycles. The van der Waals surface area contributed by atoms with Crippen molar-refractivity contribution < 1.29 is 0 Å². The van der Waals surface area contributed by atoms with Gasteiger partial charge in [0.15, 0.2) is 0 Å². The highest BCUT2D eigenvalue weighted by Gasteiger charge is 2.24. The highest BCUT2D eigenvalue weighted by atomic mass is 35.5. The molecule has 0 aliphatic heterocycles. The molecule has 4 nitrogen and oxygen atoms in total. The van der Waals surface area contributed by atoms with Crippen LogP contribution in [0.1, 0.15) is 36.5 Å². The van der Waals surface area contributed by atoms with E-state index in [0.29, 0.717) is 5.02 Å². The molecule has 1 unspecified atom stereocenters. The molecule has 3 rings (SSSR count). The van der Waals surface area contributed by atoms with Crippen molar-refractivity contribution in [3.63, 3.8) is 0 Å². The minimum Gasteiger partial charge on any atom is -0.270 e. The molecule has 0 bridgehead atoms. The molecule has 0 aromatic carbocycles. The van der Waals surface area contributed by atoms with Crippen molar-refractivity contribution in [1.29, 1.82) is 0 Å². The van der Waals surface area contributed by atoms with Gasteiger partial charge in [0.05, 0.1) is 23.0 Å². The maximum atomic E-state index is 6.31. The molecule has 0 spiro atoms. The first-order valence-electron chi connectivity index (χ1n) is 6.27. The van der Waals surface area contributed by atoms with Crippen LogP contribution in [0.4, 0.5) is 0 Å². The minimum atomic E-state index is -0.142. The lowest BCUT2D eigenvalue weighted by molar-refractivity contribution is 0.478. The Labute approximate surface area is 130 Å². The molecule has 20 heavy (non-hydrogen) atoms. The van der Waals surface area contributed by atoms with Gasteiger partial charge in [0.2, 0.25) is 0 Å². The van der Waals surface area contributed by atoms with Crippen LogP contribution in [0, 0.1) is 0 Å². The van der Waals surface area contributed by atoms with Crippen LogP contribution in [0.2, 0.25) is 5.02 Å². The normalized spacial score (nSPS) is 13.4. The number of nitrogens with one attached hydrogen (secondary N) is 1. The summed E-state index contributed by atoms with van der Waals surface area (Å²) in [6.45, 7) is 4.15. The highest BCUT2D eigenvalue weighted by Crippen LogP contribution is 2.37. The van der Waals surface area contributed by atoms with Gasteiger partial charge in [-0.05, 0) is 31.4 Å². The van der Waals surface area contributed by atoms with Crippen LogP contribution in [0.5, 0.6) is 0 Å². The first-order chi connectivity index (χ1) is 9.61. The van der Waals surface area contributed by atoms with Crippen molar-refractivity contribution >= 4 is 43.7 Å². The zero-order valence-corrected chi connectivity index (χ0v) is 13.5. The molecule has 0 fully saturated rings. The zero-order valence-electron chi connectivity index (χ0n) is 11.1. The fraction of sp³-hybridized carbons (Fsp3) is 0.308. The quantitative estimate of drug-likeness (QED) is 0.564. The molecule has 3 N–H and O–H groups in total. The van der Waals surface area contributed by atoms with Gasteiger partial charge in [-0.15, -0.1) is 22.7 Å². The van der Waals surface area contributed by atoms with E-state index in [2.05, 4.69) is 41.9 Å². The third-order valence-electron chi connectivity index (χ3n) is 3.16. The van der Waals surface area contributed by atoms with Gasteiger partial charge in [0.25, 0.3) is 0 Å². The molecule has 0 saturated carbocycles. The van der Waals surface area contributed by atoms with Crippen molar-refractivity contribution in [2.75, 3.05) is 0 Å². The Kier molecular flexibility index (Phi) is 3.83. The number of halogens is 1. The molecule has 3 heterocycles. The molecule has 0 amide bonds. The Morgan fingerprint density at radius 1 is 1.40 bits per heavy atom. The van der Waals surface area contributed by atoms with Gasteiger partial charge in [-0.3, -0.25) is 10.5 Å². The van der Waals surface area contributed by atoms with E-state index in [1.165, 1.54) is 9.40 Å². The average Bonchev–Trinajstić information content (AvgIpc) is 3.05. The summed E-state index contributed by atoms with van der Waals surface area (Å²) in [6, 6.07) is 4.39. The van der Waals surface area contributed by atoms with Crippen molar-refractivity contribution in [2.45, 2.75) is 25.9 Å². The van der Waals surface area contributed by atoms with Crippen molar-refractivity contribution in [3.8, 4) is 0 Å². The number of nitrogens with zero attached hydrogens (tertiary/aromatic N) is 2. The van der Waals surface area contributed by atoms with Gasteiger partial charge in [-0.1, -0.05) is 11.6 Å². The Morgan fingerprint density at radius 3 is 2.85 bits per heavy atom. The Morgan fingerprint density at radius 2 is 2.20 bits per heavy atom. The number of thiophene rings is 2. The standard InChI is InChI=1S/C13H15ClN4S2/c1-7(2)18-13(8(14)6-16-18)12(17-15)11-5-10-9(20-11)3-4-19-10/h3-7,12,17H,15H2,1-2H3. The molecule has 1 atom stereocenters. The molecule has 0 saturated heterocycles. The van der Waals surface area contributed by atoms with Crippen LogP contribution < -0.4 is 11.3 Å². The summed E-state index contributed by atoms with van der Waals surface area (Å²) in [5.41, 5.74) is 3.79. The maximum Gasteiger partial charge on any atom is 0.0986 e. The first-order valence-corrected chi connectivity index (χ1v) is 8.35. The SMILES string of the molecule is CC(C)n1ncc(Cl)c1C(NN)c1cc2sccc2s1. The van der Waals surface area contributed by atoms with Gasteiger partial charge < -0.3 is 0 Å². The second-order valence-electron chi connectivity index (χ2n) is 4.81. The first kappa shape index (κ1) is 14.0. The fourth-order valence-corrected chi connectivity index (χ4v) is 4.68. The molecular formula is C13H15ClN4S2. The van der Waals surface area contributed by atoms with Gasteiger partial charge >= 0.3 is 0 Å². The molecule has 106 valence electrons. The summed E-state index contributed by atoms with van der Waals surface area (Å²) >= 11 is 9.78. The maximum absolute atomic E-state index is 6.31. The topological polar surface area (TPSA) is 55.9 Å². The summed E-state index contributed by atoms with van der Waals surface area (Å²) in [4.78, 5) is 1.15. The van der Waals surface area contributed by atoms with Crippen LogP contribution in [-0.4, -0.2) is 9.78 Å². The van der Waals surface area contributed by atoms with Crippen LogP contribution in [-0.2, 0) is 0 Å². The lowest BCUT2D eigenvalue weighted by Gasteiger charge is -2.19. The minimum absolute atomic E-state index is 0.142. The van der Waals surface area contributed by atoms with E-state index in [-0.39, 0.29) is 12.1 Å². The third-order valence-corrected chi connectivity index (χ3v) is 5.61. The van der Waals surface area contributed by atoms with Gasteiger partial charge in [0.1, 0.15) is 0 Å². The van der Waals surface area contributed by atoms with E-state index in [4.69, 9.17) is 17.4 Å². The monoisotopic (exact) mass is 326 g/mol. The summed E-state index contributed by atoms with van der Waals surface area (Å²) in [6.07, 6.45) is 1.68. The van der Waals surface area contributed by atoms with Gasteiger partial charge in [0, 0.05) is 20.3 Å². The van der Waals surface area contributed by atoms with Gasteiger partial charge in [-0.2, -0.15) is 5.10 Å². The number of hydrogen-bond acceptors (Lipinski definition) is 5. The fourth-order valence-electron chi connectivity index (χ4n) is 2.25. The zero-order chi connectivity index (χ0) is 14.3. The molecular weight excluding hydrogens is 312 g/mol. The third kappa shape index (κ3) is 2.27. The second-order valence-corrected chi connectivity index (χ2v) is 7.28. The lowest BCUT2D eigenvalue weighted by Crippen LogP contribution is -2.30. The summed E-state index contributed by atoms with van der Waals surface area (Å²) < 4.78 is 4.47. The van der Waals surface area contributed by atoms with E-state index in [0.717, 1.165) is 10.6 Å². The van der Waals surface area contributed by atoms with Crippen molar-refractivity contribution in [2.24, 2.45) is 5.84 Å².